The first-order chi connectivity index (χ1) is 9.63. The van der Waals surface area contributed by atoms with Gasteiger partial charge in [-0.15, -0.1) is 0 Å². The molecule has 20 heavy (non-hydrogen) atoms. The van der Waals surface area contributed by atoms with Crippen molar-refractivity contribution in [1.82, 2.24) is 0 Å². The molecule has 5 nitrogen and oxygen atoms in total. The predicted molar refractivity (Wildman–Crippen MR) is 81.2 cm³/mol. The lowest BCUT2D eigenvalue weighted by Gasteiger charge is -2.25. The highest BCUT2D eigenvalue weighted by Crippen LogP contribution is 2.24. The summed E-state index contributed by atoms with van der Waals surface area (Å²) in [5.74, 6) is -0.324. The first-order valence-corrected chi connectivity index (χ1v) is 7.03. The van der Waals surface area contributed by atoms with Gasteiger partial charge < -0.3 is 20.1 Å². The molecule has 0 saturated heterocycles. The number of rotatable bonds is 8. The van der Waals surface area contributed by atoms with Gasteiger partial charge in [-0.1, -0.05) is 0 Å². The van der Waals surface area contributed by atoms with Crippen LogP contribution < -0.4 is 10.6 Å². The second kappa shape index (κ2) is 8.43. The Morgan fingerprint density at radius 3 is 2.60 bits per heavy atom. The smallest absolute Gasteiger partial charge is 0.338 e. The van der Waals surface area contributed by atoms with Crippen LogP contribution >= 0.6 is 0 Å². The number of hydrogen-bond donors (Lipinski definition) is 1. The summed E-state index contributed by atoms with van der Waals surface area (Å²) in [6, 6.07) is 5.21. The standard InChI is InChI=1S/C15H24N2O3/c1-4-17(9-10-19-5-2)14-11-12(7-8-13(14)16)15(18)20-6-3/h7-8,11H,4-6,9-10,16H2,1-3H3. The minimum atomic E-state index is -0.324. The Hall–Kier alpha value is -1.75. The van der Waals surface area contributed by atoms with Crippen molar-refractivity contribution < 1.29 is 14.3 Å². The molecule has 1 aromatic carbocycles. The number of carbonyl (C=O) groups excluding carboxylic acids is 1. The van der Waals surface area contributed by atoms with Gasteiger partial charge in [-0.3, -0.25) is 0 Å². The topological polar surface area (TPSA) is 64.8 Å². The van der Waals surface area contributed by atoms with Crippen LogP contribution in [-0.4, -0.2) is 38.9 Å². The van der Waals surface area contributed by atoms with Crippen molar-refractivity contribution in [2.45, 2.75) is 20.8 Å². The molecule has 5 heteroatoms. The Morgan fingerprint density at radius 1 is 1.25 bits per heavy atom. The van der Waals surface area contributed by atoms with Gasteiger partial charge in [0.1, 0.15) is 0 Å². The van der Waals surface area contributed by atoms with E-state index in [4.69, 9.17) is 15.2 Å². The summed E-state index contributed by atoms with van der Waals surface area (Å²) in [5.41, 5.74) is 8.02. The Balaban J connectivity index is 2.90. The third-order valence-electron chi connectivity index (χ3n) is 2.97. The van der Waals surface area contributed by atoms with Gasteiger partial charge in [0.2, 0.25) is 0 Å². The number of nitrogen functional groups attached to an aromatic ring is 1. The molecule has 0 unspecified atom stereocenters. The third kappa shape index (κ3) is 4.42. The van der Waals surface area contributed by atoms with E-state index in [0.717, 1.165) is 18.8 Å². The average Bonchev–Trinajstić information content (AvgIpc) is 2.45. The van der Waals surface area contributed by atoms with Crippen molar-refractivity contribution in [3.63, 3.8) is 0 Å². The number of carbonyl (C=O) groups is 1. The van der Waals surface area contributed by atoms with E-state index in [0.29, 0.717) is 31.1 Å². The zero-order chi connectivity index (χ0) is 15.0. The monoisotopic (exact) mass is 280 g/mol. The normalized spacial score (nSPS) is 10.3. The lowest BCUT2D eigenvalue weighted by atomic mass is 10.1. The number of nitrogens with zero attached hydrogens (tertiary/aromatic N) is 1. The molecule has 0 aliphatic heterocycles. The molecule has 1 aromatic rings. The molecule has 0 heterocycles. The molecule has 0 aliphatic rings. The molecule has 1 rings (SSSR count). The molecule has 0 saturated carbocycles. The van der Waals surface area contributed by atoms with Gasteiger partial charge in [-0.05, 0) is 39.0 Å². The van der Waals surface area contributed by atoms with E-state index in [1.807, 2.05) is 13.8 Å². The maximum Gasteiger partial charge on any atom is 0.338 e. The van der Waals surface area contributed by atoms with Crippen LogP contribution in [0.15, 0.2) is 18.2 Å². The first-order valence-electron chi connectivity index (χ1n) is 7.03. The first kappa shape index (κ1) is 16.3. The number of ether oxygens (including phenoxy) is 2. The van der Waals surface area contributed by atoms with Gasteiger partial charge in [0, 0.05) is 19.7 Å². The minimum Gasteiger partial charge on any atom is -0.462 e. The SMILES string of the molecule is CCOCCN(CC)c1cc(C(=O)OCC)ccc1N. The summed E-state index contributed by atoms with van der Waals surface area (Å²) in [4.78, 5) is 13.9. The summed E-state index contributed by atoms with van der Waals surface area (Å²) in [6.07, 6.45) is 0. The summed E-state index contributed by atoms with van der Waals surface area (Å²) in [5, 5.41) is 0. The van der Waals surface area contributed by atoms with E-state index >= 15 is 0 Å². The van der Waals surface area contributed by atoms with Crippen LogP contribution in [-0.2, 0) is 9.47 Å². The molecule has 0 aliphatic carbocycles. The Labute approximate surface area is 120 Å². The van der Waals surface area contributed by atoms with Crippen molar-refractivity contribution in [2.24, 2.45) is 0 Å². The molecular weight excluding hydrogens is 256 g/mol. The largest absolute Gasteiger partial charge is 0.462 e. The second-order valence-corrected chi connectivity index (χ2v) is 4.27. The highest BCUT2D eigenvalue weighted by Gasteiger charge is 2.13. The molecule has 0 amide bonds. The zero-order valence-electron chi connectivity index (χ0n) is 12.5. The predicted octanol–water partition coefficient (Wildman–Crippen LogP) is 2.31. The van der Waals surface area contributed by atoms with Gasteiger partial charge in [-0.25, -0.2) is 4.79 Å². The lowest BCUT2D eigenvalue weighted by Crippen LogP contribution is -2.28. The average molecular weight is 280 g/mol. The van der Waals surface area contributed by atoms with E-state index < -0.39 is 0 Å². The summed E-state index contributed by atoms with van der Waals surface area (Å²) in [6.45, 7) is 9.01. The van der Waals surface area contributed by atoms with Gasteiger partial charge in [0.15, 0.2) is 0 Å². The van der Waals surface area contributed by atoms with E-state index in [2.05, 4.69) is 4.90 Å². The Bertz CT molecular complexity index is 435. The van der Waals surface area contributed by atoms with Gasteiger partial charge in [0.05, 0.1) is 30.2 Å². The zero-order valence-corrected chi connectivity index (χ0v) is 12.5. The van der Waals surface area contributed by atoms with E-state index in [1.54, 1.807) is 25.1 Å². The van der Waals surface area contributed by atoms with Crippen LogP contribution in [0.3, 0.4) is 0 Å². The van der Waals surface area contributed by atoms with Crippen LogP contribution in [0, 0.1) is 0 Å². The third-order valence-corrected chi connectivity index (χ3v) is 2.97. The van der Waals surface area contributed by atoms with Gasteiger partial charge in [-0.2, -0.15) is 0 Å². The van der Waals surface area contributed by atoms with Crippen molar-refractivity contribution in [3.8, 4) is 0 Å². The van der Waals surface area contributed by atoms with Crippen molar-refractivity contribution in [2.75, 3.05) is 43.5 Å². The Kier molecular flexibility index (Phi) is 6.87. The number of anilines is 2. The number of likely N-dealkylation sites (N-methyl/N-ethyl adjacent to an activating group) is 1. The maximum absolute atomic E-state index is 11.8. The highest BCUT2D eigenvalue weighted by atomic mass is 16.5. The Morgan fingerprint density at radius 2 is 2.00 bits per heavy atom. The number of nitrogens with two attached hydrogens (primary N) is 1. The molecular formula is C15H24N2O3. The molecule has 0 atom stereocenters. The van der Waals surface area contributed by atoms with Crippen molar-refractivity contribution in [1.29, 1.82) is 0 Å². The summed E-state index contributed by atoms with van der Waals surface area (Å²) in [7, 11) is 0. The van der Waals surface area contributed by atoms with Crippen molar-refractivity contribution >= 4 is 17.3 Å². The van der Waals surface area contributed by atoms with Crippen LogP contribution in [0.2, 0.25) is 0 Å². The fourth-order valence-electron chi connectivity index (χ4n) is 1.93. The van der Waals surface area contributed by atoms with E-state index in [-0.39, 0.29) is 5.97 Å². The maximum atomic E-state index is 11.8. The quantitative estimate of drug-likeness (QED) is 0.450. The van der Waals surface area contributed by atoms with E-state index in [1.165, 1.54) is 0 Å². The molecule has 2 N–H and O–H groups in total. The van der Waals surface area contributed by atoms with E-state index in [9.17, 15) is 4.79 Å². The van der Waals surface area contributed by atoms with Crippen LogP contribution in [0.4, 0.5) is 11.4 Å². The molecule has 0 bridgehead atoms. The van der Waals surface area contributed by atoms with Gasteiger partial charge in [0.25, 0.3) is 0 Å². The fraction of sp³-hybridized carbons (Fsp3) is 0.533. The number of benzene rings is 1. The second-order valence-electron chi connectivity index (χ2n) is 4.27. The molecule has 112 valence electrons. The van der Waals surface area contributed by atoms with Crippen LogP contribution in [0.5, 0.6) is 0 Å². The van der Waals surface area contributed by atoms with Crippen LogP contribution in [0.1, 0.15) is 31.1 Å². The number of hydrogen-bond acceptors (Lipinski definition) is 5. The molecule has 0 spiro atoms. The summed E-state index contributed by atoms with van der Waals surface area (Å²) >= 11 is 0. The molecule has 0 fully saturated rings. The fourth-order valence-corrected chi connectivity index (χ4v) is 1.93. The molecule has 0 radical (unpaired) electrons. The lowest BCUT2D eigenvalue weighted by molar-refractivity contribution is 0.0526. The van der Waals surface area contributed by atoms with Crippen LogP contribution in [0.25, 0.3) is 0 Å². The summed E-state index contributed by atoms with van der Waals surface area (Å²) < 4.78 is 10.4. The minimum absolute atomic E-state index is 0.324. The van der Waals surface area contributed by atoms with Crippen molar-refractivity contribution in [3.05, 3.63) is 23.8 Å². The number of esters is 1. The van der Waals surface area contributed by atoms with Gasteiger partial charge >= 0.3 is 5.97 Å². The highest BCUT2D eigenvalue weighted by molar-refractivity contribution is 5.92. The molecule has 0 aromatic heterocycles.